The topological polar surface area (TPSA) is 197 Å². The van der Waals surface area contributed by atoms with Gasteiger partial charge in [0.25, 0.3) is 0 Å². The molecule has 1 aliphatic heterocycles. The third kappa shape index (κ3) is 7.72. The summed E-state index contributed by atoms with van der Waals surface area (Å²) in [6.45, 7) is 4.56. The smallest absolute Gasteiger partial charge is 0.476 e. The third-order valence-corrected chi connectivity index (χ3v) is 6.58. The Morgan fingerprint density at radius 2 is 2.08 bits per heavy atom. The van der Waals surface area contributed by atoms with Crippen LogP contribution in [0, 0.1) is 0 Å². The van der Waals surface area contributed by atoms with Crippen LogP contribution in [0.15, 0.2) is 6.33 Å². The van der Waals surface area contributed by atoms with Gasteiger partial charge in [0.1, 0.15) is 12.8 Å². The lowest BCUT2D eigenvalue weighted by Crippen LogP contribution is -2.28. The summed E-state index contributed by atoms with van der Waals surface area (Å²) in [6, 6.07) is 0. The molecular formula is C20H31N6O10P. The second-order valence-corrected chi connectivity index (χ2v) is 9.39. The molecule has 2 aromatic heterocycles. The van der Waals surface area contributed by atoms with Crippen LogP contribution in [0.1, 0.15) is 39.8 Å². The van der Waals surface area contributed by atoms with Gasteiger partial charge in [0.05, 0.1) is 39.4 Å². The van der Waals surface area contributed by atoms with E-state index in [9.17, 15) is 14.2 Å². The largest absolute Gasteiger partial charge is 0.510 e. The lowest BCUT2D eigenvalue weighted by Gasteiger charge is -2.23. The van der Waals surface area contributed by atoms with Crippen LogP contribution >= 0.6 is 7.75 Å². The minimum absolute atomic E-state index is 0.0319. The van der Waals surface area contributed by atoms with Gasteiger partial charge in [0.15, 0.2) is 11.2 Å². The van der Waals surface area contributed by atoms with E-state index in [1.54, 1.807) is 17.8 Å². The van der Waals surface area contributed by atoms with Gasteiger partial charge in [-0.1, -0.05) is 0 Å². The SMILES string of the molecule is CCOC(=O)OC(C)OP(=O)(NCC(=O)OC)OC[C@@H]1CC[C@H](n2cnc3c(OCC)nc(N)nc32)O1. The first-order valence-electron chi connectivity index (χ1n) is 11.5. The maximum absolute atomic E-state index is 13.3. The molecule has 0 bridgehead atoms. The Morgan fingerprint density at radius 1 is 1.30 bits per heavy atom. The summed E-state index contributed by atoms with van der Waals surface area (Å²) in [6.07, 6.45) is -0.626. The fraction of sp³-hybridized carbons (Fsp3) is 0.650. The highest BCUT2D eigenvalue weighted by molar-refractivity contribution is 7.51. The number of hydrogen-bond donors (Lipinski definition) is 2. The van der Waals surface area contributed by atoms with Crippen LogP contribution in [0.25, 0.3) is 11.2 Å². The molecule has 3 N–H and O–H groups in total. The second-order valence-electron chi connectivity index (χ2n) is 7.61. The fourth-order valence-electron chi connectivity index (χ4n) is 3.40. The molecule has 2 aromatic rings. The molecule has 206 valence electrons. The van der Waals surface area contributed by atoms with Crippen molar-refractivity contribution in [3.05, 3.63) is 6.33 Å². The van der Waals surface area contributed by atoms with E-state index in [0.717, 1.165) is 0 Å². The van der Waals surface area contributed by atoms with E-state index in [4.69, 9.17) is 29.0 Å². The van der Waals surface area contributed by atoms with Crippen molar-refractivity contribution in [2.75, 3.05) is 39.2 Å². The summed E-state index contributed by atoms with van der Waals surface area (Å²) in [5.74, 6) is -0.400. The molecule has 3 rings (SSSR count). The minimum Gasteiger partial charge on any atom is -0.476 e. The Morgan fingerprint density at radius 3 is 2.78 bits per heavy atom. The number of esters is 1. The summed E-state index contributed by atoms with van der Waals surface area (Å²) >= 11 is 0. The lowest BCUT2D eigenvalue weighted by molar-refractivity contribution is -0.139. The summed E-state index contributed by atoms with van der Waals surface area (Å²) in [5, 5.41) is 2.38. The van der Waals surface area contributed by atoms with Crippen molar-refractivity contribution in [1.82, 2.24) is 24.6 Å². The number of imidazole rings is 1. The van der Waals surface area contributed by atoms with Crippen molar-refractivity contribution in [1.29, 1.82) is 0 Å². The highest BCUT2D eigenvalue weighted by atomic mass is 31.2. The molecule has 1 saturated heterocycles. The lowest BCUT2D eigenvalue weighted by atomic mass is 10.2. The highest BCUT2D eigenvalue weighted by Crippen LogP contribution is 2.46. The van der Waals surface area contributed by atoms with E-state index in [0.29, 0.717) is 30.6 Å². The molecular weight excluding hydrogens is 515 g/mol. The summed E-state index contributed by atoms with van der Waals surface area (Å²) in [7, 11) is -2.97. The van der Waals surface area contributed by atoms with Crippen LogP contribution in [0.2, 0.25) is 0 Å². The molecule has 0 radical (unpaired) electrons. The highest BCUT2D eigenvalue weighted by Gasteiger charge is 2.35. The molecule has 3 heterocycles. The van der Waals surface area contributed by atoms with Gasteiger partial charge >= 0.3 is 19.9 Å². The number of rotatable bonds is 13. The number of ether oxygens (including phenoxy) is 5. The van der Waals surface area contributed by atoms with E-state index in [2.05, 4.69) is 29.5 Å². The number of carbonyl (C=O) groups excluding carboxylic acids is 2. The zero-order valence-electron chi connectivity index (χ0n) is 20.9. The number of anilines is 1. The number of aromatic nitrogens is 4. The van der Waals surface area contributed by atoms with Crippen molar-refractivity contribution in [2.45, 2.75) is 52.2 Å². The van der Waals surface area contributed by atoms with Crippen molar-refractivity contribution in [2.24, 2.45) is 0 Å². The van der Waals surface area contributed by atoms with E-state index in [1.807, 2.05) is 6.92 Å². The van der Waals surface area contributed by atoms with Crippen molar-refractivity contribution in [3.8, 4) is 5.88 Å². The zero-order valence-corrected chi connectivity index (χ0v) is 21.8. The van der Waals surface area contributed by atoms with Gasteiger partial charge in [0.2, 0.25) is 18.1 Å². The van der Waals surface area contributed by atoms with Gasteiger partial charge in [-0.3, -0.25) is 18.4 Å². The standard InChI is InChI=1S/C20H31N6O10P/c1-5-31-18-16-17(24-19(21)25-18)26(11-22-16)14-8-7-13(35-14)10-33-37(29,23-9-15(27)30-4)36-12(3)34-20(28)32-6-2/h11-14H,5-10H2,1-4H3,(H,23,29)(H2,21,24,25)/t12?,13-,14+,37?/m0/s1. The van der Waals surface area contributed by atoms with Crippen LogP contribution in [0.5, 0.6) is 5.88 Å². The normalized spacial score (nSPS) is 19.8. The Bertz CT molecular complexity index is 1130. The second kappa shape index (κ2) is 13.0. The number of nitrogen functional groups attached to an aromatic ring is 1. The molecule has 0 aromatic carbocycles. The molecule has 1 fully saturated rings. The predicted octanol–water partition coefficient (Wildman–Crippen LogP) is 1.91. The third-order valence-electron chi connectivity index (χ3n) is 4.97. The Hall–Kier alpha value is -3.04. The molecule has 1 aliphatic rings. The van der Waals surface area contributed by atoms with Crippen LogP contribution in [-0.2, 0) is 37.4 Å². The molecule has 17 heteroatoms. The maximum Gasteiger partial charge on any atom is 0.510 e. The first-order chi connectivity index (χ1) is 17.7. The molecule has 0 saturated carbocycles. The molecule has 4 atom stereocenters. The Kier molecular flexibility index (Phi) is 10.00. The van der Waals surface area contributed by atoms with Gasteiger partial charge < -0.3 is 29.4 Å². The van der Waals surface area contributed by atoms with E-state index < -0.39 is 45.0 Å². The Balaban J connectivity index is 1.65. The number of fused-ring (bicyclic) bond motifs is 1. The number of carbonyl (C=O) groups is 2. The number of hydrogen-bond acceptors (Lipinski definition) is 14. The van der Waals surface area contributed by atoms with E-state index >= 15 is 0 Å². The number of methoxy groups -OCH3 is 1. The van der Waals surface area contributed by atoms with Gasteiger partial charge in [0, 0.05) is 0 Å². The predicted molar refractivity (Wildman–Crippen MR) is 126 cm³/mol. The fourth-order valence-corrected chi connectivity index (χ4v) is 4.75. The number of nitrogens with two attached hydrogens (primary N) is 1. The first kappa shape index (κ1) is 28.5. The molecule has 0 aliphatic carbocycles. The molecule has 16 nitrogen and oxygen atoms in total. The molecule has 0 amide bonds. The van der Waals surface area contributed by atoms with Crippen molar-refractivity contribution < 1.29 is 46.9 Å². The monoisotopic (exact) mass is 546 g/mol. The van der Waals surface area contributed by atoms with Crippen LogP contribution in [0.4, 0.5) is 10.7 Å². The molecule has 37 heavy (non-hydrogen) atoms. The number of nitrogens with one attached hydrogen (secondary N) is 1. The average molecular weight is 546 g/mol. The van der Waals surface area contributed by atoms with Gasteiger partial charge in [-0.15, -0.1) is 0 Å². The maximum atomic E-state index is 13.3. The van der Waals surface area contributed by atoms with Crippen LogP contribution < -0.4 is 15.6 Å². The van der Waals surface area contributed by atoms with Gasteiger partial charge in [-0.2, -0.15) is 9.97 Å². The van der Waals surface area contributed by atoms with Gasteiger partial charge in [-0.25, -0.2) is 19.4 Å². The molecule has 2 unspecified atom stereocenters. The average Bonchev–Trinajstić information content (AvgIpc) is 3.48. The first-order valence-corrected chi connectivity index (χ1v) is 13.1. The quantitative estimate of drug-likeness (QED) is 0.210. The molecule has 0 spiro atoms. The number of nitrogens with zero attached hydrogens (tertiary/aromatic N) is 4. The zero-order chi connectivity index (χ0) is 27.0. The summed E-state index contributed by atoms with van der Waals surface area (Å²) in [5.41, 5.74) is 6.71. The van der Waals surface area contributed by atoms with Gasteiger partial charge in [-0.05, 0) is 33.6 Å². The van der Waals surface area contributed by atoms with E-state index in [-0.39, 0.29) is 25.0 Å². The van der Waals surface area contributed by atoms with E-state index in [1.165, 1.54) is 14.0 Å². The minimum atomic E-state index is -4.15. The van der Waals surface area contributed by atoms with Crippen molar-refractivity contribution >= 4 is 37.0 Å². The van der Waals surface area contributed by atoms with Crippen molar-refractivity contribution in [3.63, 3.8) is 0 Å². The van der Waals surface area contributed by atoms with Crippen LogP contribution in [0.3, 0.4) is 0 Å². The summed E-state index contributed by atoms with van der Waals surface area (Å²) < 4.78 is 51.4. The van der Waals surface area contributed by atoms with Crippen LogP contribution in [-0.4, -0.2) is 77.5 Å². The summed E-state index contributed by atoms with van der Waals surface area (Å²) in [4.78, 5) is 35.8. The Labute approximate surface area is 212 Å².